The second kappa shape index (κ2) is 6.77. The Balaban J connectivity index is 2.16. The highest BCUT2D eigenvalue weighted by Crippen LogP contribution is 2.42. The maximum absolute atomic E-state index is 12.2. The fraction of sp³-hybridized carbons (Fsp3) is 0. The average Bonchev–Trinajstić information content (AvgIpc) is 2.70. The van der Waals surface area contributed by atoms with Crippen LogP contribution in [0.25, 0.3) is 33.4 Å². The number of hydrogen-bond donors (Lipinski definition) is 3. The van der Waals surface area contributed by atoms with Crippen molar-refractivity contribution in [3.63, 3.8) is 0 Å². The van der Waals surface area contributed by atoms with Crippen molar-refractivity contribution in [3.05, 3.63) is 75.9 Å². The smallest absolute Gasteiger partial charge is 0.373 e. The molecule has 1 aliphatic heterocycles. The van der Waals surface area contributed by atoms with Gasteiger partial charge in [-0.05, 0) is 42.0 Å². The molecule has 0 saturated carbocycles. The van der Waals surface area contributed by atoms with Gasteiger partial charge >= 0.3 is 11.9 Å². The molecular weight excluding hydrogens is 380 g/mol. The van der Waals surface area contributed by atoms with Gasteiger partial charge in [0.1, 0.15) is 17.1 Å². The van der Waals surface area contributed by atoms with Gasteiger partial charge in [-0.25, -0.2) is 9.59 Å². The van der Waals surface area contributed by atoms with Crippen molar-refractivity contribution in [2.75, 3.05) is 0 Å². The molecule has 144 valence electrons. The number of carbonyl (C=O) groups excluding carboxylic acids is 1. The third-order valence-electron chi connectivity index (χ3n) is 4.52. The summed E-state index contributed by atoms with van der Waals surface area (Å²) < 4.78 is 5.74. The molecule has 2 aromatic rings. The van der Waals surface area contributed by atoms with Crippen LogP contribution in [0, 0.1) is 0 Å². The normalized spacial score (nSPS) is 10.9. The lowest BCUT2D eigenvalue weighted by Crippen LogP contribution is -2.08. The van der Waals surface area contributed by atoms with E-state index in [-0.39, 0.29) is 39.2 Å². The number of carboxylic acid groups (broad SMARTS) is 1. The Hall–Kier alpha value is -4.17. The molecule has 4 rings (SSSR count). The minimum Gasteiger partial charge on any atom is -0.508 e. The number of carboxylic acids is 1. The Morgan fingerprint density at radius 2 is 1.69 bits per heavy atom. The van der Waals surface area contributed by atoms with E-state index in [2.05, 4.69) is 4.89 Å². The van der Waals surface area contributed by atoms with Crippen molar-refractivity contribution >= 4 is 22.9 Å². The fourth-order valence-electron chi connectivity index (χ4n) is 3.26. The quantitative estimate of drug-likeness (QED) is 0.273. The highest BCUT2D eigenvalue weighted by molar-refractivity contribution is 6.08. The highest BCUT2D eigenvalue weighted by atomic mass is 17.1. The third-order valence-corrected chi connectivity index (χ3v) is 4.52. The first-order valence-corrected chi connectivity index (χ1v) is 8.32. The number of fused-ring (bicyclic) bond motifs is 2. The standard InChI is InChI=1S/C21H12O8/c22-11-2-5-14-17(8-11)28-18-9-12(23)3-6-15(18)19(14)13-4-1-10(20(24)25)7-16(13)21(26)29-27/h1-9,22,27H,(H,24,25). The number of hydrogen-bond acceptors (Lipinski definition) is 7. The lowest BCUT2D eigenvalue weighted by Gasteiger charge is -2.17. The van der Waals surface area contributed by atoms with Gasteiger partial charge in [-0.3, -0.25) is 9.68 Å². The van der Waals surface area contributed by atoms with Crippen molar-refractivity contribution in [1.82, 2.24) is 0 Å². The van der Waals surface area contributed by atoms with E-state index >= 15 is 0 Å². The molecule has 0 saturated heterocycles. The number of carbonyl (C=O) groups is 2. The topological polar surface area (TPSA) is 134 Å². The van der Waals surface area contributed by atoms with Gasteiger partial charge in [-0.1, -0.05) is 6.07 Å². The van der Waals surface area contributed by atoms with Gasteiger partial charge in [0.15, 0.2) is 5.43 Å². The summed E-state index contributed by atoms with van der Waals surface area (Å²) in [6.07, 6.45) is 0. The zero-order chi connectivity index (χ0) is 20.7. The van der Waals surface area contributed by atoms with E-state index in [1.165, 1.54) is 42.5 Å². The Bertz CT molecular complexity index is 1320. The molecule has 0 unspecified atom stereocenters. The summed E-state index contributed by atoms with van der Waals surface area (Å²) in [5.74, 6) is -2.27. The zero-order valence-corrected chi connectivity index (χ0v) is 14.6. The Morgan fingerprint density at radius 1 is 0.931 bits per heavy atom. The maximum Gasteiger partial charge on any atom is 0.373 e. The number of phenols is 1. The van der Waals surface area contributed by atoms with Gasteiger partial charge in [0.25, 0.3) is 0 Å². The van der Waals surface area contributed by atoms with E-state index in [1.54, 1.807) is 6.07 Å². The van der Waals surface area contributed by atoms with Crippen LogP contribution in [-0.2, 0) is 4.89 Å². The molecule has 29 heavy (non-hydrogen) atoms. The van der Waals surface area contributed by atoms with Crippen molar-refractivity contribution in [1.29, 1.82) is 0 Å². The lowest BCUT2D eigenvalue weighted by atomic mass is 9.90. The van der Waals surface area contributed by atoms with Gasteiger partial charge < -0.3 is 14.6 Å². The molecule has 1 aliphatic carbocycles. The molecule has 0 fully saturated rings. The molecule has 8 nitrogen and oxygen atoms in total. The first kappa shape index (κ1) is 18.2. The van der Waals surface area contributed by atoms with E-state index in [4.69, 9.17) is 9.67 Å². The van der Waals surface area contributed by atoms with Crippen LogP contribution < -0.4 is 5.43 Å². The molecule has 1 heterocycles. The van der Waals surface area contributed by atoms with Crippen LogP contribution in [0.1, 0.15) is 20.7 Å². The highest BCUT2D eigenvalue weighted by Gasteiger charge is 2.24. The van der Waals surface area contributed by atoms with E-state index in [9.17, 15) is 24.6 Å². The number of aromatic hydroxyl groups is 1. The first-order valence-electron chi connectivity index (χ1n) is 8.32. The Kier molecular flexibility index (Phi) is 4.25. The summed E-state index contributed by atoms with van der Waals surface area (Å²) >= 11 is 0. The summed E-state index contributed by atoms with van der Waals surface area (Å²) in [6.45, 7) is 0. The van der Waals surface area contributed by atoms with Crippen LogP contribution in [0.3, 0.4) is 0 Å². The SMILES string of the molecule is O=C(O)c1ccc(-c2c3ccc(=O)cc-3oc3cc(O)ccc23)c(C(=O)OO)c1. The summed E-state index contributed by atoms with van der Waals surface area (Å²) in [4.78, 5) is 39.1. The summed E-state index contributed by atoms with van der Waals surface area (Å²) in [5.41, 5.74) is 0.732. The minimum absolute atomic E-state index is 0.0685. The van der Waals surface area contributed by atoms with Crippen molar-refractivity contribution < 1.29 is 34.4 Å². The molecule has 8 heteroatoms. The van der Waals surface area contributed by atoms with Gasteiger partial charge in [-0.15, -0.1) is 0 Å². The van der Waals surface area contributed by atoms with Crippen LogP contribution in [0.2, 0.25) is 0 Å². The van der Waals surface area contributed by atoms with Crippen molar-refractivity contribution in [2.45, 2.75) is 0 Å². The van der Waals surface area contributed by atoms with Gasteiger partial charge in [0.2, 0.25) is 0 Å². The first-order chi connectivity index (χ1) is 13.9. The molecule has 0 spiro atoms. The maximum atomic E-state index is 12.2. The minimum atomic E-state index is -1.26. The number of rotatable bonds is 3. The Labute approximate surface area is 162 Å². The van der Waals surface area contributed by atoms with Crippen LogP contribution in [0.15, 0.2) is 63.8 Å². The zero-order valence-electron chi connectivity index (χ0n) is 14.6. The number of phenolic OH excluding ortho intramolecular Hbond substituents is 1. The van der Waals surface area contributed by atoms with Gasteiger partial charge in [0.05, 0.1) is 11.1 Å². The molecule has 0 amide bonds. The van der Waals surface area contributed by atoms with E-state index in [1.807, 2.05) is 0 Å². The summed E-state index contributed by atoms with van der Waals surface area (Å²) in [6, 6.07) is 12.2. The van der Waals surface area contributed by atoms with Crippen molar-refractivity contribution in [2.24, 2.45) is 0 Å². The summed E-state index contributed by atoms with van der Waals surface area (Å²) in [7, 11) is 0. The predicted octanol–water partition coefficient (Wildman–Crippen LogP) is 3.60. The molecular formula is C21H12O8. The molecule has 0 bridgehead atoms. The monoisotopic (exact) mass is 392 g/mol. The molecule has 0 radical (unpaired) electrons. The Morgan fingerprint density at radius 3 is 2.41 bits per heavy atom. The second-order valence-corrected chi connectivity index (χ2v) is 6.26. The molecule has 2 aliphatic rings. The van der Waals surface area contributed by atoms with Crippen LogP contribution in [0.4, 0.5) is 0 Å². The molecule has 2 aromatic carbocycles. The lowest BCUT2D eigenvalue weighted by molar-refractivity contribution is -0.182. The van der Waals surface area contributed by atoms with Gasteiger partial charge in [-0.2, -0.15) is 5.26 Å². The van der Waals surface area contributed by atoms with Gasteiger partial charge in [0, 0.05) is 28.6 Å². The molecule has 0 aromatic heterocycles. The van der Waals surface area contributed by atoms with E-state index in [0.717, 1.165) is 6.07 Å². The van der Waals surface area contributed by atoms with Crippen LogP contribution in [-0.4, -0.2) is 27.4 Å². The van der Waals surface area contributed by atoms with E-state index in [0.29, 0.717) is 16.5 Å². The predicted molar refractivity (Wildman–Crippen MR) is 101 cm³/mol. The van der Waals surface area contributed by atoms with Crippen LogP contribution in [0.5, 0.6) is 5.75 Å². The second-order valence-electron chi connectivity index (χ2n) is 6.26. The summed E-state index contributed by atoms with van der Waals surface area (Å²) in [5, 5.41) is 28.4. The molecule has 3 N–H and O–H groups in total. The average molecular weight is 392 g/mol. The van der Waals surface area contributed by atoms with E-state index < -0.39 is 11.9 Å². The molecule has 0 atom stereocenters. The fourth-order valence-corrected chi connectivity index (χ4v) is 3.26. The number of benzene rings is 3. The third kappa shape index (κ3) is 3.07. The van der Waals surface area contributed by atoms with Crippen LogP contribution >= 0.6 is 0 Å². The van der Waals surface area contributed by atoms with Crippen molar-refractivity contribution in [3.8, 4) is 28.2 Å². The number of aromatic carboxylic acids is 1. The largest absolute Gasteiger partial charge is 0.508 e.